The van der Waals surface area contributed by atoms with Gasteiger partial charge in [0.25, 0.3) is 11.1 Å². The van der Waals surface area contributed by atoms with Crippen molar-refractivity contribution >= 4 is 35.1 Å². The van der Waals surface area contributed by atoms with Crippen LogP contribution in [0, 0.1) is 48.8 Å². The molecule has 8 aromatic rings. The highest BCUT2D eigenvalue weighted by Crippen LogP contribution is 2.31. The average molecular weight is 1110 g/mol. The number of rotatable bonds is 18. The highest BCUT2D eigenvalue weighted by molar-refractivity contribution is 6.30. The number of pyridine rings is 2. The van der Waals surface area contributed by atoms with Gasteiger partial charge in [-0.15, -0.1) is 0 Å². The summed E-state index contributed by atoms with van der Waals surface area (Å²) in [4.78, 5) is 58.3. The van der Waals surface area contributed by atoms with Crippen LogP contribution in [0.4, 0.5) is 26.3 Å². The standard InChI is InChI=1S/C27H24ClF3N4O3.C27H23ClF3N3O4.H3N/c1-15-12-34(14-33-15)23-4-3-16(8-24(23)38-2)7-18-9-19(28)13-35(27(18)37)22(5-6-25(32)36)17-10-20(29)26(31)21(30)11-17;1-15-12-33(14-32-15)23-4-3-16(8-24(23)38-2)7-18-9-19(28)13-34(27(18)37)22(5-6-25(35)36)17-10-20(29)26(31)21(30)11-17;/h3-4,8-14,22H,5-7H2,1-2H3,(H2,32,36);3-4,8-14,22H,5-7H2,1-2H3,(H,35,36);1H3. The van der Waals surface area contributed by atoms with E-state index < -0.39 is 76.4 Å². The molecule has 23 heteroatoms. The summed E-state index contributed by atoms with van der Waals surface area (Å²) < 4.78 is 100. The molecule has 0 fully saturated rings. The number of aliphatic carboxylic acids is 1. The molecular weight excluding hydrogens is 1060 g/mol. The van der Waals surface area contributed by atoms with Gasteiger partial charge in [0, 0.05) is 61.6 Å². The van der Waals surface area contributed by atoms with E-state index in [-0.39, 0.29) is 70.6 Å². The number of amides is 1. The molecule has 0 aliphatic rings. The molecule has 4 aromatic carbocycles. The minimum atomic E-state index is -1.66. The number of halogens is 8. The van der Waals surface area contributed by atoms with Crippen LogP contribution in [0.15, 0.2) is 120 Å². The van der Waals surface area contributed by atoms with Gasteiger partial charge in [0.1, 0.15) is 11.5 Å². The highest BCUT2D eigenvalue weighted by Gasteiger charge is 2.25. The SMILES string of the molecule is COc1cc(Cc2cc(Cl)cn(C(CCC(=O)O)c3cc(F)c(F)c(F)c3)c2=O)ccc1-n1cnc(C)c1.COc1cc(Cc2cc(Cl)cn(C(CCC(N)=O)c3cc(F)c(F)c(F)c3)c2=O)ccc1-n1cnc(C)c1.N. The number of aromatic nitrogens is 6. The van der Waals surface area contributed by atoms with E-state index in [1.165, 1.54) is 43.3 Å². The highest BCUT2D eigenvalue weighted by atomic mass is 35.5. The quantitative estimate of drug-likeness (QED) is 0.0546. The molecule has 2 unspecified atom stereocenters. The number of imidazole rings is 2. The predicted octanol–water partition coefficient (Wildman–Crippen LogP) is 10.5. The summed E-state index contributed by atoms with van der Waals surface area (Å²) in [5.74, 6) is -9.77. The number of carboxylic acid groups (broad SMARTS) is 1. The second-order valence-electron chi connectivity index (χ2n) is 17.6. The summed E-state index contributed by atoms with van der Waals surface area (Å²) in [5, 5.41) is 9.54. The number of hydrogen-bond acceptors (Lipinski definition) is 9. The first-order chi connectivity index (χ1) is 36.1. The van der Waals surface area contributed by atoms with E-state index in [4.69, 9.17) is 38.4 Å². The number of benzene rings is 4. The van der Waals surface area contributed by atoms with E-state index in [1.807, 2.05) is 55.1 Å². The normalized spacial score (nSPS) is 11.8. The van der Waals surface area contributed by atoms with Crippen LogP contribution in [0.5, 0.6) is 11.5 Å². The zero-order valence-corrected chi connectivity index (χ0v) is 43.2. The van der Waals surface area contributed by atoms with Crippen molar-refractivity contribution in [1.29, 1.82) is 0 Å². The molecule has 0 radical (unpaired) electrons. The maximum absolute atomic E-state index is 14.1. The van der Waals surface area contributed by atoms with Crippen molar-refractivity contribution in [3.63, 3.8) is 0 Å². The lowest BCUT2D eigenvalue weighted by Crippen LogP contribution is -2.29. The Morgan fingerprint density at radius 3 is 1.31 bits per heavy atom. The van der Waals surface area contributed by atoms with Crippen LogP contribution in [0.1, 0.15) is 82.5 Å². The Bertz CT molecular complexity index is 3330. The first-order valence-corrected chi connectivity index (χ1v) is 23.9. The van der Waals surface area contributed by atoms with Gasteiger partial charge in [-0.1, -0.05) is 35.3 Å². The maximum Gasteiger partial charge on any atom is 0.303 e. The maximum atomic E-state index is 14.1. The largest absolute Gasteiger partial charge is 0.495 e. The Hall–Kier alpha value is -8.14. The molecule has 0 spiro atoms. The molecule has 8 rings (SSSR count). The summed E-state index contributed by atoms with van der Waals surface area (Å²) in [6.07, 6.45) is 9.03. The van der Waals surface area contributed by atoms with Crippen LogP contribution in [-0.4, -0.2) is 59.4 Å². The van der Waals surface area contributed by atoms with Gasteiger partial charge < -0.3 is 44.7 Å². The number of carboxylic acids is 1. The number of aryl methyl sites for hydroxylation is 2. The summed E-state index contributed by atoms with van der Waals surface area (Å²) >= 11 is 12.7. The molecular formula is C54H50Cl2F6N8O7. The molecule has 2 atom stereocenters. The monoisotopic (exact) mass is 1110 g/mol. The zero-order valence-electron chi connectivity index (χ0n) is 41.7. The van der Waals surface area contributed by atoms with Crippen molar-refractivity contribution in [3.05, 3.63) is 221 Å². The van der Waals surface area contributed by atoms with Crippen molar-refractivity contribution in [2.24, 2.45) is 5.73 Å². The van der Waals surface area contributed by atoms with Gasteiger partial charge in [-0.3, -0.25) is 19.2 Å². The van der Waals surface area contributed by atoms with E-state index >= 15 is 0 Å². The topological polar surface area (TPSA) is 213 Å². The average Bonchev–Trinajstić information content (AvgIpc) is 4.03. The van der Waals surface area contributed by atoms with Gasteiger partial charge in [-0.2, -0.15) is 0 Å². The van der Waals surface area contributed by atoms with Crippen LogP contribution < -0.4 is 32.5 Å². The van der Waals surface area contributed by atoms with Crippen molar-refractivity contribution < 1.29 is 50.5 Å². The number of carbonyl (C=O) groups is 2. The fraction of sp³-hybridized carbons (Fsp3) is 0.222. The Balaban J connectivity index is 0.000000246. The lowest BCUT2D eigenvalue weighted by molar-refractivity contribution is -0.137. The van der Waals surface area contributed by atoms with Gasteiger partial charge in [0.2, 0.25) is 5.91 Å². The third-order valence-corrected chi connectivity index (χ3v) is 12.6. The number of hydrogen-bond donors (Lipinski definition) is 3. The van der Waals surface area contributed by atoms with E-state index in [9.17, 15) is 50.6 Å². The van der Waals surface area contributed by atoms with Crippen LogP contribution in [0.25, 0.3) is 11.4 Å². The smallest absolute Gasteiger partial charge is 0.303 e. The molecule has 1 amide bonds. The van der Waals surface area contributed by atoms with Crippen LogP contribution in [0.2, 0.25) is 10.0 Å². The van der Waals surface area contributed by atoms with E-state index in [2.05, 4.69) is 9.97 Å². The molecule has 15 nitrogen and oxygen atoms in total. The molecule has 404 valence electrons. The fourth-order valence-corrected chi connectivity index (χ4v) is 9.08. The van der Waals surface area contributed by atoms with Gasteiger partial charge >= 0.3 is 5.97 Å². The Morgan fingerprint density at radius 2 is 0.987 bits per heavy atom. The molecule has 6 N–H and O–H groups in total. The van der Waals surface area contributed by atoms with Crippen LogP contribution in [-0.2, 0) is 22.4 Å². The van der Waals surface area contributed by atoms with Crippen molar-refractivity contribution in [2.75, 3.05) is 14.2 Å². The van der Waals surface area contributed by atoms with E-state index in [0.29, 0.717) is 17.1 Å². The molecule has 0 aliphatic carbocycles. The summed E-state index contributed by atoms with van der Waals surface area (Å²) in [6.45, 7) is 3.73. The fourth-order valence-electron chi connectivity index (χ4n) is 8.61. The summed E-state index contributed by atoms with van der Waals surface area (Å²) in [6, 6.07) is 14.7. The van der Waals surface area contributed by atoms with Gasteiger partial charge in [0.05, 0.1) is 71.8 Å². The van der Waals surface area contributed by atoms with Crippen molar-refractivity contribution in [2.45, 2.75) is 64.5 Å². The molecule has 0 saturated heterocycles. The Morgan fingerprint density at radius 1 is 0.610 bits per heavy atom. The van der Waals surface area contributed by atoms with Gasteiger partial charge in [-0.25, -0.2) is 36.3 Å². The number of primary amides is 1. The number of methoxy groups -OCH3 is 2. The summed E-state index contributed by atoms with van der Waals surface area (Å²) in [5.41, 5.74) is 9.28. The number of nitrogens with zero attached hydrogens (tertiary/aromatic N) is 6. The third kappa shape index (κ3) is 13.8. The minimum Gasteiger partial charge on any atom is -0.495 e. The predicted molar refractivity (Wildman–Crippen MR) is 276 cm³/mol. The molecule has 4 heterocycles. The molecule has 0 bridgehead atoms. The Kier molecular flexibility index (Phi) is 19.0. The lowest BCUT2D eigenvalue weighted by Gasteiger charge is -2.22. The number of ether oxygens (including phenoxy) is 2. The Labute approximate surface area is 446 Å². The lowest BCUT2D eigenvalue weighted by atomic mass is 9.99. The first kappa shape index (κ1) is 58.1. The molecule has 0 saturated carbocycles. The second kappa shape index (κ2) is 25.1. The summed E-state index contributed by atoms with van der Waals surface area (Å²) in [7, 11) is 3.05. The number of carbonyl (C=O) groups excluding carboxylic acids is 1. The third-order valence-electron chi connectivity index (χ3n) is 12.2. The second-order valence-corrected chi connectivity index (χ2v) is 18.4. The van der Waals surface area contributed by atoms with Crippen LogP contribution in [0.3, 0.4) is 0 Å². The molecule has 77 heavy (non-hydrogen) atoms. The van der Waals surface area contributed by atoms with E-state index in [1.54, 1.807) is 29.4 Å². The zero-order chi connectivity index (χ0) is 55.1. The van der Waals surface area contributed by atoms with Gasteiger partial charge in [0.15, 0.2) is 34.9 Å². The van der Waals surface area contributed by atoms with Crippen molar-refractivity contribution in [3.8, 4) is 22.9 Å². The number of nitrogens with two attached hydrogens (primary N) is 1. The van der Waals surface area contributed by atoms with E-state index in [0.717, 1.165) is 57.2 Å². The molecule has 4 aromatic heterocycles. The first-order valence-electron chi connectivity index (χ1n) is 23.1. The van der Waals surface area contributed by atoms with Crippen LogP contribution >= 0.6 is 23.2 Å². The minimum absolute atomic E-state index is 0. The van der Waals surface area contributed by atoms with Crippen molar-refractivity contribution in [1.82, 2.24) is 34.4 Å². The van der Waals surface area contributed by atoms with Gasteiger partial charge in [-0.05, 0) is 110 Å². The molecule has 0 aliphatic heterocycles.